The number of ether oxygens (including phenoxy) is 1. The molecule has 3 aromatic heterocycles. The van der Waals surface area contributed by atoms with Crippen LogP contribution in [0.1, 0.15) is 37.3 Å². The molecule has 2 fully saturated rings. The summed E-state index contributed by atoms with van der Waals surface area (Å²) < 4.78 is 20.0. The summed E-state index contributed by atoms with van der Waals surface area (Å²) >= 11 is 0. The maximum absolute atomic E-state index is 14.7. The van der Waals surface area contributed by atoms with E-state index in [1.54, 1.807) is 24.4 Å². The zero-order valence-electron chi connectivity index (χ0n) is 23.6. The number of hydrogen-bond acceptors (Lipinski definition) is 9. The molecule has 1 atom stereocenters. The first kappa shape index (κ1) is 29.6. The van der Waals surface area contributed by atoms with E-state index in [-0.39, 0.29) is 29.8 Å². The Morgan fingerprint density at radius 3 is 2.64 bits per heavy atom. The lowest BCUT2D eigenvalue weighted by Crippen LogP contribution is -2.43. The maximum atomic E-state index is 14.7. The van der Waals surface area contributed by atoms with E-state index in [1.165, 1.54) is 13.2 Å². The Balaban J connectivity index is 0.00000353. The Hall–Kier alpha value is -3.86. The number of halogens is 2. The number of piperidine rings is 2. The molecule has 2 aliphatic heterocycles. The van der Waals surface area contributed by atoms with Gasteiger partial charge in [-0.1, -0.05) is 12.1 Å². The molecule has 1 aromatic carbocycles. The third-order valence-corrected chi connectivity index (χ3v) is 7.87. The molecule has 6 rings (SSSR count). The fraction of sp³-hybridized carbons (Fsp3) is 0.355. The smallest absolute Gasteiger partial charge is 0.168 e. The minimum atomic E-state index is -0.451. The second-order valence-corrected chi connectivity index (χ2v) is 10.6. The molecule has 9 nitrogen and oxygen atoms in total. The van der Waals surface area contributed by atoms with Gasteiger partial charge < -0.3 is 26.0 Å². The van der Waals surface area contributed by atoms with E-state index in [2.05, 4.69) is 37.6 Å². The van der Waals surface area contributed by atoms with Gasteiger partial charge in [-0.15, -0.1) is 12.4 Å². The molecule has 0 amide bonds. The van der Waals surface area contributed by atoms with Crippen LogP contribution in [0.4, 0.5) is 21.7 Å². The van der Waals surface area contributed by atoms with Crippen LogP contribution in [0.5, 0.6) is 5.75 Å². The number of methoxy groups -OCH3 is 1. The molecule has 0 aliphatic carbocycles. The largest absolute Gasteiger partial charge is 0.496 e. The van der Waals surface area contributed by atoms with Gasteiger partial charge in [-0.25, -0.2) is 19.3 Å². The van der Waals surface area contributed by atoms with E-state index in [0.717, 1.165) is 74.4 Å². The Labute approximate surface area is 251 Å². The number of hydrogen-bond donors (Lipinski definition) is 3. The molecule has 4 N–H and O–H groups in total. The standard InChI is InChI=1S/C31H35FN8O.ClH/c1-41-27-6-2-5-24(32)30(27)31-35-14-11-28(39-31)38-29-16-26(40-15-3-4-22(33)19-40)23(18-37-29)21-7-8-25(36-17-21)20-9-12-34-13-10-20;/h2,5-8,11,14,16-18,20,22,34H,3-4,9-10,12-13,15,19,33H2,1H3,(H,35,37,38,39);1H/t22-;/m0./s1. The summed E-state index contributed by atoms with van der Waals surface area (Å²) in [6.07, 6.45) is 9.69. The van der Waals surface area contributed by atoms with Crippen LogP contribution in [0.3, 0.4) is 0 Å². The highest BCUT2D eigenvalue weighted by molar-refractivity contribution is 5.85. The predicted octanol–water partition coefficient (Wildman–Crippen LogP) is 5.31. The van der Waals surface area contributed by atoms with E-state index in [0.29, 0.717) is 23.3 Å². The number of rotatable bonds is 7. The molecule has 42 heavy (non-hydrogen) atoms. The number of nitrogens with zero attached hydrogens (tertiary/aromatic N) is 5. The van der Waals surface area contributed by atoms with E-state index >= 15 is 0 Å². The Morgan fingerprint density at radius 2 is 1.88 bits per heavy atom. The van der Waals surface area contributed by atoms with Crippen molar-refractivity contribution in [3.63, 3.8) is 0 Å². The van der Waals surface area contributed by atoms with Gasteiger partial charge in [0.2, 0.25) is 0 Å². The fourth-order valence-electron chi connectivity index (χ4n) is 5.72. The average Bonchev–Trinajstić information content (AvgIpc) is 3.01. The number of pyridine rings is 2. The fourth-order valence-corrected chi connectivity index (χ4v) is 5.72. The predicted molar refractivity (Wildman–Crippen MR) is 166 cm³/mol. The molecule has 2 saturated heterocycles. The molecule has 0 radical (unpaired) electrons. The molecule has 0 saturated carbocycles. The molecule has 0 spiro atoms. The van der Waals surface area contributed by atoms with Crippen LogP contribution < -0.4 is 26.0 Å². The number of aromatic nitrogens is 4. The van der Waals surface area contributed by atoms with E-state index in [9.17, 15) is 4.39 Å². The summed E-state index contributed by atoms with van der Waals surface area (Å²) in [5.74, 6) is 1.75. The van der Waals surface area contributed by atoms with E-state index < -0.39 is 5.82 Å². The second-order valence-electron chi connectivity index (χ2n) is 10.6. The second kappa shape index (κ2) is 13.4. The van der Waals surface area contributed by atoms with Gasteiger partial charge in [0.25, 0.3) is 0 Å². The van der Waals surface area contributed by atoms with E-state index in [1.807, 2.05) is 18.5 Å². The van der Waals surface area contributed by atoms with Crippen LogP contribution in [-0.4, -0.2) is 59.3 Å². The zero-order valence-corrected chi connectivity index (χ0v) is 24.4. The Kier molecular flexibility index (Phi) is 9.46. The lowest BCUT2D eigenvalue weighted by Gasteiger charge is -2.34. The first-order chi connectivity index (χ1) is 20.1. The van der Waals surface area contributed by atoms with Crippen LogP contribution in [0.15, 0.2) is 61.1 Å². The Morgan fingerprint density at radius 1 is 1.02 bits per heavy atom. The Bertz CT molecular complexity index is 1500. The van der Waals surface area contributed by atoms with E-state index in [4.69, 9.17) is 20.4 Å². The van der Waals surface area contributed by atoms with Gasteiger partial charge in [0.05, 0.1) is 12.7 Å². The summed E-state index contributed by atoms with van der Waals surface area (Å²) in [7, 11) is 1.50. The highest BCUT2D eigenvalue weighted by Gasteiger charge is 2.22. The van der Waals surface area contributed by atoms with Crippen LogP contribution in [0.2, 0.25) is 0 Å². The van der Waals surface area contributed by atoms with Gasteiger partial charge in [-0.05, 0) is 63.0 Å². The summed E-state index contributed by atoms with van der Waals surface area (Å²) in [5, 5.41) is 6.71. The SMILES string of the molecule is COc1cccc(F)c1-c1nccc(Nc2cc(N3CCC[C@H](N)C3)c(-c3ccc(C4CCNCC4)nc3)cn2)n1.Cl. The zero-order chi connectivity index (χ0) is 28.2. The molecular weight excluding hydrogens is 555 g/mol. The summed E-state index contributed by atoms with van der Waals surface area (Å²) in [4.78, 5) is 20.8. The molecule has 11 heteroatoms. The highest BCUT2D eigenvalue weighted by Crippen LogP contribution is 2.36. The van der Waals surface area contributed by atoms with Crippen LogP contribution in [0.25, 0.3) is 22.5 Å². The summed E-state index contributed by atoms with van der Waals surface area (Å²) in [5.41, 5.74) is 10.8. The van der Waals surface area contributed by atoms with Gasteiger partial charge in [0, 0.05) is 72.2 Å². The van der Waals surface area contributed by atoms with Crippen molar-refractivity contribution in [1.29, 1.82) is 0 Å². The third kappa shape index (κ3) is 6.46. The summed E-state index contributed by atoms with van der Waals surface area (Å²) in [6.45, 7) is 3.75. The molecular formula is C31H36ClFN8O. The molecule has 5 heterocycles. The minimum Gasteiger partial charge on any atom is -0.496 e. The third-order valence-electron chi connectivity index (χ3n) is 7.87. The number of benzene rings is 1. The first-order valence-electron chi connectivity index (χ1n) is 14.2. The number of nitrogens with two attached hydrogens (primary N) is 1. The molecule has 2 aliphatic rings. The lowest BCUT2D eigenvalue weighted by atomic mass is 9.93. The van der Waals surface area contributed by atoms with Crippen molar-refractivity contribution in [1.82, 2.24) is 25.3 Å². The number of nitrogens with one attached hydrogen (secondary N) is 2. The lowest BCUT2D eigenvalue weighted by molar-refractivity contribution is 0.413. The number of anilines is 3. The summed E-state index contributed by atoms with van der Waals surface area (Å²) in [6, 6.07) is 12.8. The van der Waals surface area contributed by atoms with Gasteiger partial charge >= 0.3 is 0 Å². The van der Waals surface area contributed by atoms with Crippen molar-refractivity contribution in [3.05, 3.63) is 72.6 Å². The molecule has 4 aromatic rings. The quantitative estimate of drug-likeness (QED) is 0.263. The van der Waals surface area contributed by atoms with Gasteiger partial charge in [-0.3, -0.25) is 4.98 Å². The van der Waals surface area contributed by atoms with Gasteiger partial charge in [0.1, 0.15) is 23.2 Å². The molecule has 0 bridgehead atoms. The average molecular weight is 591 g/mol. The van der Waals surface area contributed by atoms with Crippen molar-refractivity contribution in [2.75, 3.05) is 43.5 Å². The maximum Gasteiger partial charge on any atom is 0.168 e. The van der Waals surface area contributed by atoms with Gasteiger partial charge in [0.15, 0.2) is 5.82 Å². The van der Waals surface area contributed by atoms with Crippen molar-refractivity contribution in [2.24, 2.45) is 5.73 Å². The minimum absolute atomic E-state index is 0. The topological polar surface area (TPSA) is 114 Å². The normalized spacial score (nSPS) is 17.4. The highest BCUT2D eigenvalue weighted by atomic mass is 35.5. The molecule has 0 unspecified atom stereocenters. The van der Waals surface area contributed by atoms with Crippen molar-refractivity contribution >= 4 is 29.7 Å². The first-order valence-corrected chi connectivity index (χ1v) is 14.2. The molecule has 220 valence electrons. The van der Waals surface area contributed by atoms with Crippen LogP contribution >= 0.6 is 12.4 Å². The van der Waals surface area contributed by atoms with Crippen molar-refractivity contribution < 1.29 is 9.13 Å². The van der Waals surface area contributed by atoms with Crippen molar-refractivity contribution in [3.8, 4) is 28.3 Å². The van der Waals surface area contributed by atoms with Crippen LogP contribution in [0, 0.1) is 5.82 Å². The monoisotopic (exact) mass is 590 g/mol. The van der Waals surface area contributed by atoms with Gasteiger partial charge in [-0.2, -0.15) is 0 Å². The van der Waals surface area contributed by atoms with Crippen LogP contribution in [-0.2, 0) is 0 Å². The van der Waals surface area contributed by atoms with Crippen molar-refractivity contribution in [2.45, 2.75) is 37.6 Å².